The average Bonchev–Trinajstić information content (AvgIpc) is 2.89. The molecule has 0 aliphatic carbocycles. The minimum atomic E-state index is 0.469. The summed E-state index contributed by atoms with van der Waals surface area (Å²) >= 11 is 0. The van der Waals surface area contributed by atoms with Crippen LogP contribution in [0.5, 0.6) is 5.75 Å². The third kappa shape index (κ3) is 3.00. The second kappa shape index (κ2) is 6.25. The monoisotopic (exact) mass is 269 g/mol. The van der Waals surface area contributed by atoms with E-state index in [2.05, 4.69) is 31.1 Å². The van der Waals surface area contributed by atoms with E-state index in [1.54, 1.807) is 12.1 Å². The van der Waals surface area contributed by atoms with Crippen LogP contribution in [0, 0.1) is 18.3 Å². The summed E-state index contributed by atoms with van der Waals surface area (Å²) in [5.74, 6) is 0.756. The number of hydrogen-bond donors (Lipinski definition) is 0. The van der Waals surface area contributed by atoms with Crippen LogP contribution in [0.4, 0.5) is 0 Å². The lowest BCUT2D eigenvalue weighted by atomic mass is 10.1. The first-order valence-corrected chi connectivity index (χ1v) is 6.87. The van der Waals surface area contributed by atoms with Crippen molar-refractivity contribution in [3.63, 3.8) is 0 Å². The van der Waals surface area contributed by atoms with Crippen LogP contribution in [-0.4, -0.2) is 9.78 Å². The molecule has 0 radical (unpaired) electrons. The van der Waals surface area contributed by atoms with Gasteiger partial charge >= 0.3 is 0 Å². The fraction of sp³-hybridized carbons (Fsp3) is 0.375. The van der Waals surface area contributed by atoms with Gasteiger partial charge in [0.15, 0.2) is 0 Å². The van der Waals surface area contributed by atoms with Crippen molar-refractivity contribution < 1.29 is 4.74 Å². The molecule has 20 heavy (non-hydrogen) atoms. The molecular formula is C16H19N3O. The average molecular weight is 269 g/mol. The number of rotatable bonds is 5. The summed E-state index contributed by atoms with van der Waals surface area (Å²) in [4.78, 5) is 0. The Morgan fingerprint density at radius 1 is 1.30 bits per heavy atom. The Morgan fingerprint density at radius 2 is 2.10 bits per heavy atom. The number of hydrogen-bond acceptors (Lipinski definition) is 3. The van der Waals surface area contributed by atoms with Crippen LogP contribution in [0.3, 0.4) is 0 Å². The molecule has 0 N–H and O–H groups in total. The lowest BCUT2D eigenvalue weighted by molar-refractivity contribution is 0.290. The second-order valence-corrected chi connectivity index (χ2v) is 4.68. The molecule has 1 heterocycles. The van der Waals surface area contributed by atoms with Gasteiger partial charge in [-0.3, -0.25) is 4.68 Å². The molecule has 0 fully saturated rings. The van der Waals surface area contributed by atoms with Crippen LogP contribution in [0.15, 0.2) is 24.3 Å². The van der Waals surface area contributed by atoms with E-state index in [4.69, 9.17) is 10.00 Å². The first-order chi connectivity index (χ1) is 9.67. The van der Waals surface area contributed by atoms with Gasteiger partial charge < -0.3 is 4.74 Å². The molecule has 0 bridgehead atoms. The molecule has 2 aromatic rings. The Kier molecular flexibility index (Phi) is 4.41. The Bertz CT molecular complexity index is 638. The molecule has 0 spiro atoms. The van der Waals surface area contributed by atoms with Crippen molar-refractivity contribution in [1.29, 1.82) is 5.26 Å². The molecule has 4 nitrogen and oxygen atoms in total. The molecule has 0 saturated heterocycles. The van der Waals surface area contributed by atoms with E-state index in [1.165, 1.54) is 0 Å². The molecule has 1 aromatic heterocycles. The summed E-state index contributed by atoms with van der Waals surface area (Å²) in [5.41, 5.74) is 3.78. The summed E-state index contributed by atoms with van der Waals surface area (Å²) in [6.45, 7) is 7.43. The molecule has 0 amide bonds. The Hall–Kier alpha value is -2.28. The smallest absolute Gasteiger partial charge is 0.130 e. The van der Waals surface area contributed by atoms with Crippen molar-refractivity contribution in [1.82, 2.24) is 9.78 Å². The lowest BCUT2D eigenvalue weighted by Crippen LogP contribution is -2.06. The van der Waals surface area contributed by atoms with Crippen LogP contribution >= 0.6 is 0 Å². The molecular weight excluding hydrogens is 250 g/mol. The number of ether oxygens (including phenoxy) is 1. The summed E-state index contributed by atoms with van der Waals surface area (Å²) in [5, 5.41) is 13.4. The van der Waals surface area contributed by atoms with Crippen LogP contribution in [0.2, 0.25) is 0 Å². The highest BCUT2D eigenvalue weighted by Gasteiger charge is 2.08. The molecule has 0 aliphatic rings. The van der Waals surface area contributed by atoms with E-state index in [0.717, 1.165) is 35.7 Å². The number of nitrogens with zero attached hydrogens (tertiary/aromatic N) is 3. The van der Waals surface area contributed by atoms with Gasteiger partial charge in [-0.2, -0.15) is 10.4 Å². The molecule has 0 unspecified atom stereocenters. The van der Waals surface area contributed by atoms with Crippen LogP contribution in [0.1, 0.15) is 36.4 Å². The van der Waals surface area contributed by atoms with Gasteiger partial charge in [-0.25, -0.2) is 0 Å². The number of nitriles is 1. The zero-order chi connectivity index (χ0) is 14.5. The predicted molar refractivity (Wildman–Crippen MR) is 77.5 cm³/mol. The summed E-state index contributed by atoms with van der Waals surface area (Å²) < 4.78 is 7.81. The first kappa shape index (κ1) is 14.1. The summed E-state index contributed by atoms with van der Waals surface area (Å²) in [6.07, 6.45) is 0.920. The minimum absolute atomic E-state index is 0.469. The second-order valence-electron chi connectivity index (χ2n) is 4.68. The van der Waals surface area contributed by atoms with E-state index in [1.807, 2.05) is 17.7 Å². The van der Waals surface area contributed by atoms with Crippen molar-refractivity contribution in [2.75, 3.05) is 0 Å². The van der Waals surface area contributed by atoms with Gasteiger partial charge in [0.2, 0.25) is 0 Å². The van der Waals surface area contributed by atoms with Gasteiger partial charge in [-0.05, 0) is 44.0 Å². The van der Waals surface area contributed by atoms with Crippen LogP contribution in [0.25, 0.3) is 0 Å². The maximum absolute atomic E-state index is 8.94. The first-order valence-electron chi connectivity index (χ1n) is 6.87. The Morgan fingerprint density at radius 3 is 2.75 bits per heavy atom. The summed E-state index contributed by atoms with van der Waals surface area (Å²) in [7, 11) is 0. The largest absolute Gasteiger partial charge is 0.487 e. The quantitative estimate of drug-likeness (QED) is 0.837. The molecule has 0 atom stereocenters. The Labute approximate surface area is 119 Å². The van der Waals surface area contributed by atoms with E-state index in [9.17, 15) is 0 Å². The van der Waals surface area contributed by atoms with Gasteiger partial charge in [-0.1, -0.05) is 13.0 Å². The van der Waals surface area contributed by atoms with Crippen LogP contribution < -0.4 is 4.74 Å². The topological polar surface area (TPSA) is 50.8 Å². The highest BCUT2D eigenvalue weighted by atomic mass is 16.5. The normalized spacial score (nSPS) is 10.3. The van der Waals surface area contributed by atoms with Crippen molar-refractivity contribution in [3.8, 4) is 11.8 Å². The predicted octanol–water partition coefficient (Wildman–Crippen LogP) is 3.22. The van der Waals surface area contributed by atoms with Gasteiger partial charge in [0.05, 0.1) is 23.0 Å². The molecule has 2 rings (SSSR count). The van der Waals surface area contributed by atoms with Gasteiger partial charge in [0, 0.05) is 6.54 Å². The zero-order valence-electron chi connectivity index (χ0n) is 12.2. The zero-order valence-corrected chi connectivity index (χ0v) is 12.2. The van der Waals surface area contributed by atoms with Crippen LogP contribution in [-0.2, 0) is 19.6 Å². The standard InChI is InChI=1S/C16H19N3O/c1-4-14-9-15(19(5-2)18-14)11-20-16-8-13(10-17)7-6-12(16)3/h6-9H,4-5,11H2,1-3H3. The molecule has 104 valence electrons. The Balaban J connectivity index is 2.16. The fourth-order valence-corrected chi connectivity index (χ4v) is 2.05. The third-order valence-corrected chi connectivity index (χ3v) is 3.27. The number of aryl methyl sites for hydroxylation is 3. The summed E-state index contributed by atoms with van der Waals surface area (Å²) in [6, 6.07) is 9.69. The van der Waals surface area contributed by atoms with Gasteiger partial charge in [-0.15, -0.1) is 0 Å². The SMILES string of the molecule is CCc1cc(COc2cc(C#N)ccc2C)n(CC)n1. The van der Waals surface area contributed by atoms with E-state index in [0.29, 0.717) is 12.2 Å². The van der Waals surface area contributed by atoms with Crippen molar-refractivity contribution in [2.24, 2.45) is 0 Å². The molecule has 0 aliphatic heterocycles. The van der Waals surface area contributed by atoms with Gasteiger partial charge in [0.25, 0.3) is 0 Å². The molecule has 0 saturated carbocycles. The van der Waals surface area contributed by atoms with E-state index in [-0.39, 0.29) is 0 Å². The maximum atomic E-state index is 8.94. The number of aromatic nitrogens is 2. The van der Waals surface area contributed by atoms with Crippen molar-refractivity contribution in [2.45, 2.75) is 40.3 Å². The highest BCUT2D eigenvalue weighted by molar-refractivity contribution is 5.41. The van der Waals surface area contributed by atoms with Crippen molar-refractivity contribution in [3.05, 3.63) is 46.8 Å². The fourth-order valence-electron chi connectivity index (χ4n) is 2.05. The molecule has 1 aromatic carbocycles. The van der Waals surface area contributed by atoms with E-state index < -0.39 is 0 Å². The van der Waals surface area contributed by atoms with Gasteiger partial charge in [0.1, 0.15) is 12.4 Å². The maximum Gasteiger partial charge on any atom is 0.130 e. The molecule has 4 heteroatoms. The lowest BCUT2D eigenvalue weighted by Gasteiger charge is -2.10. The third-order valence-electron chi connectivity index (χ3n) is 3.27. The van der Waals surface area contributed by atoms with Crippen molar-refractivity contribution >= 4 is 0 Å². The van der Waals surface area contributed by atoms with E-state index >= 15 is 0 Å². The number of benzene rings is 1. The minimum Gasteiger partial charge on any atom is -0.487 e. The highest BCUT2D eigenvalue weighted by Crippen LogP contribution is 2.20.